The molecule has 1 heterocycles. The van der Waals surface area contributed by atoms with E-state index in [1.807, 2.05) is 0 Å². The molecule has 10 aromatic rings. The molecule has 0 bridgehead atoms. The van der Waals surface area contributed by atoms with Crippen molar-refractivity contribution in [2.24, 2.45) is 0 Å². The Morgan fingerprint density at radius 1 is 0.367 bits per heavy atom. The van der Waals surface area contributed by atoms with Gasteiger partial charge in [-0.3, -0.25) is 0 Å². The highest BCUT2D eigenvalue weighted by molar-refractivity contribution is 6.71. The number of hydrogen-bond acceptors (Lipinski definition) is 1. The summed E-state index contributed by atoms with van der Waals surface area (Å²) in [5.74, 6) is 0. The molecule has 1 aromatic heterocycles. The maximum Gasteiger partial charge on any atom is 0.139 e. The fourth-order valence-corrected chi connectivity index (χ4v) is 11.1. The fourth-order valence-electron chi connectivity index (χ4n) is 11.1. The van der Waals surface area contributed by atoms with Crippen molar-refractivity contribution in [2.75, 3.05) is 0 Å². The van der Waals surface area contributed by atoms with Crippen LogP contribution in [0.1, 0.15) is 25.0 Å². The van der Waals surface area contributed by atoms with Gasteiger partial charge in [0.2, 0.25) is 0 Å². The zero-order valence-corrected chi connectivity index (χ0v) is 36.5. The lowest BCUT2D eigenvalue weighted by Gasteiger charge is -2.29. The first-order valence-corrected chi connectivity index (χ1v) is 21.5. The van der Waals surface area contributed by atoms with Crippen molar-refractivity contribution in [1.29, 1.82) is 0 Å². The van der Waals surface area contributed by atoms with Gasteiger partial charge < -0.3 is 4.42 Å². The van der Waals surface area contributed by atoms with E-state index < -0.39 is 0 Å². The Morgan fingerprint density at radius 3 is 1.42 bits per heavy atom. The van der Waals surface area contributed by atoms with E-state index in [1.165, 1.54) is 137 Å². The van der Waals surface area contributed by atoms with E-state index in [0.29, 0.717) is 0 Å². The third-order valence-electron chi connectivity index (χ3n) is 15.1. The summed E-state index contributed by atoms with van der Waals surface area (Å²) in [5, 5.41) is 10.3. The standard InChI is InChI=1S/C51H42B8O/c1-51(2)32-21-25(23-8-4-3-5-9-23)12-16-29(32)30-17-13-27(22-33(30)51)37-41-39(43(52)47(56)49(58)45(41)54)36(40-42(37)46(55)50(59)48(57)44(40)53)26-15-18-34-31(20-26)38-28-11-7-6-10-24(28)14-19-35(38)60-34/h3-22H,52-59H2,1-2H3. The zero-order chi connectivity index (χ0) is 41.5. The topological polar surface area (TPSA) is 13.1 Å². The number of furan rings is 1. The number of rotatable bonds is 3. The van der Waals surface area contributed by atoms with Crippen LogP contribution >= 0.6 is 0 Å². The van der Waals surface area contributed by atoms with Gasteiger partial charge in [-0.05, 0) is 118 Å². The summed E-state index contributed by atoms with van der Waals surface area (Å²) in [5.41, 5.74) is 25.8. The van der Waals surface area contributed by atoms with Gasteiger partial charge in [0.15, 0.2) is 0 Å². The van der Waals surface area contributed by atoms with Crippen LogP contribution in [-0.2, 0) is 5.41 Å². The minimum atomic E-state index is -0.168. The molecule has 9 aromatic carbocycles. The van der Waals surface area contributed by atoms with Gasteiger partial charge >= 0.3 is 0 Å². The summed E-state index contributed by atoms with van der Waals surface area (Å²) < 4.78 is 6.56. The Kier molecular flexibility index (Phi) is 8.06. The SMILES string of the molecule is Bc1c(B)c(B)c2c(-c3ccc4oc5ccc6ccccc6c5c4c3)c3c(B)c(B)c(B)c(B)c3c(-c3ccc4c(c3)C(C)(C)c3cc(-c5ccccc5)ccc3-4)c2c1B. The molecule has 0 spiro atoms. The third-order valence-corrected chi connectivity index (χ3v) is 15.1. The van der Waals surface area contributed by atoms with Gasteiger partial charge in [0.05, 0.1) is 0 Å². The second kappa shape index (κ2) is 13.0. The summed E-state index contributed by atoms with van der Waals surface area (Å²) in [6.45, 7) is 4.83. The van der Waals surface area contributed by atoms with Gasteiger partial charge in [0.1, 0.15) is 73.9 Å². The molecule has 1 aliphatic carbocycles. The van der Waals surface area contributed by atoms with Gasteiger partial charge in [-0.2, -0.15) is 0 Å². The zero-order valence-electron chi connectivity index (χ0n) is 36.5. The first-order chi connectivity index (χ1) is 28.9. The van der Waals surface area contributed by atoms with Gasteiger partial charge in [0.25, 0.3) is 0 Å². The van der Waals surface area contributed by atoms with Crippen LogP contribution in [0.25, 0.3) is 98.8 Å². The maximum absolute atomic E-state index is 6.56. The lowest BCUT2D eigenvalue weighted by atomic mass is 9.59. The third kappa shape index (κ3) is 4.99. The van der Waals surface area contributed by atoms with Crippen LogP contribution in [0.15, 0.2) is 126 Å². The van der Waals surface area contributed by atoms with E-state index in [-0.39, 0.29) is 5.41 Å². The van der Waals surface area contributed by atoms with E-state index in [9.17, 15) is 0 Å². The highest BCUT2D eigenvalue weighted by Crippen LogP contribution is 2.52. The molecule has 60 heavy (non-hydrogen) atoms. The lowest BCUT2D eigenvalue weighted by molar-refractivity contribution is 0.661. The summed E-state index contributed by atoms with van der Waals surface area (Å²) in [4.78, 5) is 0. The molecule has 1 aliphatic rings. The number of benzene rings is 9. The lowest BCUT2D eigenvalue weighted by Crippen LogP contribution is -2.50. The molecule has 0 fully saturated rings. The molecular weight excluding hydrogens is 715 g/mol. The largest absolute Gasteiger partial charge is 0.456 e. The average molecular weight is 757 g/mol. The second-order valence-corrected chi connectivity index (χ2v) is 18.2. The molecule has 0 radical (unpaired) electrons. The van der Waals surface area contributed by atoms with E-state index >= 15 is 0 Å². The molecule has 0 atom stereocenters. The van der Waals surface area contributed by atoms with Crippen molar-refractivity contribution in [3.8, 4) is 44.5 Å². The van der Waals surface area contributed by atoms with Crippen molar-refractivity contribution in [2.45, 2.75) is 19.3 Å². The Hall–Kier alpha value is -5.92. The molecule has 0 unspecified atom stereocenters. The first kappa shape index (κ1) is 37.1. The molecule has 0 N–H and O–H groups in total. The number of fused-ring (bicyclic) bond motifs is 10. The minimum absolute atomic E-state index is 0.168. The molecule has 0 aliphatic heterocycles. The molecule has 0 saturated carbocycles. The summed E-state index contributed by atoms with van der Waals surface area (Å²) in [7, 11) is 18.7. The highest BCUT2D eigenvalue weighted by Gasteiger charge is 2.36. The van der Waals surface area contributed by atoms with Crippen molar-refractivity contribution < 1.29 is 4.42 Å². The van der Waals surface area contributed by atoms with Gasteiger partial charge in [-0.25, -0.2) is 0 Å². The summed E-state index contributed by atoms with van der Waals surface area (Å²) in [6, 6.07) is 45.2. The van der Waals surface area contributed by atoms with Crippen LogP contribution in [0.5, 0.6) is 0 Å². The van der Waals surface area contributed by atoms with E-state index in [2.05, 4.69) is 198 Å². The minimum Gasteiger partial charge on any atom is -0.456 e. The molecule has 1 nitrogen and oxygen atoms in total. The van der Waals surface area contributed by atoms with Crippen LogP contribution in [0.2, 0.25) is 0 Å². The molecule has 9 heteroatoms. The van der Waals surface area contributed by atoms with Crippen molar-refractivity contribution in [3.05, 3.63) is 132 Å². The van der Waals surface area contributed by atoms with Gasteiger partial charge in [0, 0.05) is 16.2 Å². The smallest absolute Gasteiger partial charge is 0.139 e. The average Bonchev–Trinajstić information content (AvgIpc) is 3.76. The fraction of sp³-hybridized carbons (Fsp3) is 0.0588. The summed E-state index contributed by atoms with van der Waals surface area (Å²) in [6.07, 6.45) is 0. The molecule has 11 rings (SSSR count). The molecule has 276 valence electrons. The maximum atomic E-state index is 6.56. The van der Waals surface area contributed by atoms with E-state index in [0.717, 1.165) is 16.6 Å². The molecule has 0 saturated heterocycles. The normalized spacial score (nSPS) is 13.2. The highest BCUT2D eigenvalue weighted by atomic mass is 16.3. The summed E-state index contributed by atoms with van der Waals surface area (Å²) >= 11 is 0. The Balaban J connectivity index is 1.25. The van der Waals surface area contributed by atoms with Crippen molar-refractivity contribution in [1.82, 2.24) is 0 Å². The van der Waals surface area contributed by atoms with Crippen LogP contribution in [0, 0.1) is 0 Å². The van der Waals surface area contributed by atoms with Crippen LogP contribution in [0.4, 0.5) is 0 Å². The predicted molar refractivity (Wildman–Crippen MR) is 286 cm³/mol. The Labute approximate surface area is 359 Å². The van der Waals surface area contributed by atoms with Gasteiger partial charge in [-0.15, -0.1) is 21.9 Å². The first-order valence-electron chi connectivity index (χ1n) is 21.5. The second-order valence-electron chi connectivity index (χ2n) is 18.2. The van der Waals surface area contributed by atoms with Crippen molar-refractivity contribution >= 4 is 161 Å². The van der Waals surface area contributed by atoms with Crippen LogP contribution in [0.3, 0.4) is 0 Å². The quantitative estimate of drug-likeness (QED) is 0.189. The predicted octanol–water partition coefficient (Wildman–Crippen LogP) is 0.420. The Bertz CT molecular complexity index is 3470. The molecule has 0 amide bonds. The van der Waals surface area contributed by atoms with E-state index in [1.54, 1.807) is 0 Å². The Morgan fingerprint density at radius 2 is 0.833 bits per heavy atom. The van der Waals surface area contributed by atoms with Crippen molar-refractivity contribution in [3.63, 3.8) is 0 Å². The van der Waals surface area contributed by atoms with E-state index in [4.69, 9.17) is 4.42 Å². The van der Waals surface area contributed by atoms with Crippen LogP contribution in [-0.4, -0.2) is 62.8 Å². The van der Waals surface area contributed by atoms with Crippen LogP contribution < -0.4 is 43.7 Å². The number of hydrogen-bond donors (Lipinski definition) is 0. The molecular formula is C51H42B8O. The monoisotopic (exact) mass is 758 g/mol. The van der Waals surface area contributed by atoms with Gasteiger partial charge in [-0.1, -0.05) is 127 Å².